The number of aromatic nitrogens is 1. The summed E-state index contributed by atoms with van der Waals surface area (Å²) in [5, 5.41) is 4.97. The van der Waals surface area contributed by atoms with Crippen LogP contribution in [0.4, 0.5) is 0 Å². The minimum Gasteiger partial charge on any atom is -0.486 e. The summed E-state index contributed by atoms with van der Waals surface area (Å²) in [4.78, 5) is 16.7. The predicted molar refractivity (Wildman–Crippen MR) is 96.2 cm³/mol. The molecule has 0 aliphatic carbocycles. The number of rotatable bonds is 6. The first kappa shape index (κ1) is 17.1. The zero-order valence-electron chi connectivity index (χ0n) is 13.7. The van der Waals surface area contributed by atoms with E-state index in [1.807, 2.05) is 30.5 Å². The van der Waals surface area contributed by atoms with E-state index < -0.39 is 0 Å². The van der Waals surface area contributed by atoms with Gasteiger partial charge in [0.25, 0.3) is 0 Å². The maximum absolute atomic E-state index is 12.2. The van der Waals surface area contributed by atoms with Gasteiger partial charge in [-0.1, -0.05) is 24.8 Å². The molecule has 3 rings (SSSR count). The molecule has 1 aliphatic rings. The van der Waals surface area contributed by atoms with Crippen LogP contribution >= 0.6 is 23.1 Å². The molecule has 2 heterocycles. The lowest BCUT2D eigenvalue weighted by molar-refractivity contribution is -0.121. The van der Waals surface area contributed by atoms with E-state index in [2.05, 4.69) is 17.2 Å². The predicted octanol–water partition coefficient (Wildman–Crippen LogP) is 3.45. The SMILES string of the molecule is CCSc1nc(CC(=O)N[C@@H](C)c2ccc3c(c2)OCCO3)cs1. The van der Waals surface area contributed by atoms with Crippen molar-refractivity contribution < 1.29 is 14.3 Å². The van der Waals surface area contributed by atoms with Crippen molar-refractivity contribution in [3.63, 3.8) is 0 Å². The first-order chi connectivity index (χ1) is 11.7. The van der Waals surface area contributed by atoms with Crippen molar-refractivity contribution in [2.24, 2.45) is 0 Å². The van der Waals surface area contributed by atoms with Gasteiger partial charge in [0.15, 0.2) is 11.5 Å². The number of benzene rings is 1. The van der Waals surface area contributed by atoms with E-state index in [4.69, 9.17) is 9.47 Å². The average Bonchev–Trinajstić information content (AvgIpc) is 3.01. The Balaban J connectivity index is 1.59. The second kappa shape index (κ2) is 7.90. The maximum atomic E-state index is 12.2. The molecule has 2 aromatic rings. The Labute approximate surface area is 149 Å². The monoisotopic (exact) mass is 364 g/mol. The Hall–Kier alpha value is -1.73. The molecule has 1 aliphatic heterocycles. The molecule has 0 saturated heterocycles. The number of hydrogen-bond donors (Lipinski definition) is 1. The van der Waals surface area contributed by atoms with E-state index >= 15 is 0 Å². The van der Waals surface area contributed by atoms with Gasteiger partial charge in [-0.2, -0.15) is 0 Å². The lowest BCUT2D eigenvalue weighted by Gasteiger charge is -2.21. The van der Waals surface area contributed by atoms with Gasteiger partial charge in [0.1, 0.15) is 17.6 Å². The van der Waals surface area contributed by atoms with Crippen LogP contribution in [0.25, 0.3) is 0 Å². The normalized spacial score (nSPS) is 14.2. The summed E-state index contributed by atoms with van der Waals surface area (Å²) < 4.78 is 12.1. The van der Waals surface area contributed by atoms with Gasteiger partial charge in [0.2, 0.25) is 5.91 Å². The number of nitrogens with zero attached hydrogens (tertiary/aromatic N) is 1. The van der Waals surface area contributed by atoms with Crippen molar-refractivity contribution in [1.29, 1.82) is 0 Å². The van der Waals surface area contributed by atoms with Gasteiger partial charge in [-0.25, -0.2) is 4.98 Å². The van der Waals surface area contributed by atoms with Crippen LogP contribution in [0.5, 0.6) is 11.5 Å². The fourth-order valence-electron chi connectivity index (χ4n) is 2.43. The molecule has 1 atom stereocenters. The zero-order chi connectivity index (χ0) is 16.9. The molecule has 0 unspecified atom stereocenters. The van der Waals surface area contributed by atoms with Crippen molar-refractivity contribution >= 4 is 29.0 Å². The Morgan fingerprint density at radius 3 is 2.96 bits per heavy atom. The second-order valence-electron chi connectivity index (χ2n) is 5.41. The number of carbonyl (C=O) groups excluding carboxylic acids is 1. The highest BCUT2D eigenvalue weighted by Crippen LogP contribution is 2.32. The Morgan fingerprint density at radius 1 is 1.38 bits per heavy atom. The molecule has 1 amide bonds. The summed E-state index contributed by atoms with van der Waals surface area (Å²) in [6.45, 7) is 5.18. The Bertz CT molecular complexity index is 718. The van der Waals surface area contributed by atoms with Gasteiger partial charge in [0.05, 0.1) is 18.2 Å². The molecule has 5 nitrogen and oxygen atoms in total. The van der Waals surface area contributed by atoms with Gasteiger partial charge in [-0.15, -0.1) is 11.3 Å². The van der Waals surface area contributed by atoms with Crippen LogP contribution in [0, 0.1) is 0 Å². The number of fused-ring (bicyclic) bond motifs is 1. The molecule has 0 bridgehead atoms. The van der Waals surface area contributed by atoms with E-state index in [-0.39, 0.29) is 11.9 Å². The Morgan fingerprint density at radius 2 is 2.17 bits per heavy atom. The van der Waals surface area contributed by atoms with Gasteiger partial charge < -0.3 is 14.8 Å². The number of ether oxygens (including phenoxy) is 2. The number of hydrogen-bond acceptors (Lipinski definition) is 6. The number of amides is 1. The van der Waals surface area contributed by atoms with E-state index in [0.29, 0.717) is 19.6 Å². The van der Waals surface area contributed by atoms with Gasteiger partial charge in [-0.3, -0.25) is 4.79 Å². The van der Waals surface area contributed by atoms with Gasteiger partial charge >= 0.3 is 0 Å². The summed E-state index contributed by atoms with van der Waals surface area (Å²) >= 11 is 3.29. The largest absolute Gasteiger partial charge is 0.486 e. The number of carbonyl (C=O) groups is 1. The number of nitrogens with one attached hydrogen (secondary N) is 1. The van der Waals surface area contributed by atoms with E-state index in [1.165, 1.54) is 0 Å². The number of thiazole rings is 1. The van der Waals surface area contributed by atoms with Crippen molar-refractivity contribution in [2.75, 3.05) is 19.0 Å². The molecule has 1 aromatic heterocycles. The average molecular weight is 364 g/mol. The molecule has 0 radical (unpaired) electrons. The molecule has 7 heteroatoms. The lowest BCUT2D eigenvalue weighted by atomic mass is 10.1. The molecule has 128 valence electrons. The molecule has 24 heavy (non-hydrogen) atoms. The quantitative estimate of drug-likeness (QED) is 0.796. The molecule has 0 spiro atoms. The lowest BCUT2D eigenvalue weighted by Crippen LogP contribution is -2.28. The summed E-state index contributed by atoms with van der Waals surface area (Å²) in [5.74, 6) is 2.45. The topological polar surface area (TPSA) is 60.5 Å². The van der Waals surface area contributed by atoms with Crippen molar-refractivity contribution in [1.82, 2.24) is 10.3 Å². The molecular formula is C17H20N2O3S2. The highest BCUT2D eigenvalue weighted by molar-refractivity contribution is 8.00. The first-order valence-corrected chi connectivity index (χ1v) is 9.78. The standard InChI is InChI=1S/C17H20N2O3S2/c1-3-23-17-19-13(10-24-17)9-16(20)18-11(2)12-4-5-14-15(8-12)22-7-6-21-14/h4-5,8,10-11H,3,6-7,9H2,1-2H3,(H,18,20)/t11-/m0/s1. The minimum absolute atomic E-state index is 0.0317. The van der Waals surface area contributed by atoms with Crippen LogP contribution in [0.3, 0.4) is 0 Å². The molecular weight excluding hydrogens is 344 g/mol. The fraction of sp³-hybridized carbons (Fsp3) is 0.412. The minimum atomic E-state index is -0.101. The second-order valence-corrected chi connectivity index (χ2v) is 7.78. The van der Waals surface area contributed by atoms with Crippen LogP contribution in [-0.2, 0) is 11.2 Å². The van der Waals surface area contributed by atoms with Crippen molar-refractivity contribution in [2.45, 2.75) is 30.6 Å². The maximum Gasteiger partial charge on any atom is 0.226 e. The van der Waals surface area contributed by atoms with Crippen molar-refractivity contribution in [3.8, 4) is 11.5 Å². The molecule has 1 aromatic carbocycles. The summed E-state index contributed by atoms with van der Waals surface area (Å²) in [5.41, 5.74) is 1.82. The van der Waals surface area contributed by atoms with E-state index in [0.717, 1.165) is 32.8 Å². The third kappa shape index (κ3) is 4.21. The van der Waals surface area contributed by atoms with Crippen LogP contribution in [0.2, 0.25) is 0 Å². The van der Waals surface area contributed by atoms with Crippen LogP contribution in [0.1, 0.15) is 31.1 Å². The third-order valence-electron chi connectivity index (χ3n) is 3.58. The summed E-state index contributed by atoms with van der Waals surface area (Å²) in [7, 11) is 0. The Kier molecular flexibility index (Phi) is 5.63. The van der Waals surface area contributed by atoms with Gasteiger partial charge in [-0.05, 0) is 30.4 Å². The fourth-order valence-corrected chi connectivity index (χ4v) is 4.17. The summed E-state index contributed by atoms with van der Waals surface area (Å²) in [6, 6.07) is 5.67. The molecule has 0 saturated carbocycles. The van der Waals surface area contributed by atoms with E-state index in [1.54, 1.807) is 23.1 Å². The first-order valence-electron chi connectivity index (χ1n) is 7.92. The number of thioether (sulfide) groups is 1. The molecule has 0 fully saturated rings. The highest BCUT2D eigenvalue weighted by atomic mass is 32.2. The third-order valence-corrected chi connectivity index (χ3v) is 5.54. The van der Waals surface area contributed by atoms with Crippen molar-refractivity contribution in [3.05, 3.63) is 34.8 Å². The van der Waals surface area contributed by atoms with E-state index in [9.17, 15) is 4.79 Å². The van der Waals surface area contributed by atoms with Crippen LogP contribution in [0.15, 0.2) is 27.9 Å². The highest BCUT2D eigenvalue weighted by Gasteiger charge is 2.16. The van der Waals surface area contributed by atoms with Crippen LogP contribution < -0.4 is 14.8 Å². The smallest absolute Gasteiger partial charge is 0.226 e. The molecule has 1 N–H and O–H groups in total. The zero-order valence-corrected chi connectivity index (χ0v) is 15.3. The summed E-state index contributed by atoms with van der Waals surface area (Å²) in [6.07, 6.45) is 0.301. The van der Waals surface area contributed by atoms with Gasteiger partial charge in [0, 0.05) is 5.38 Å². The van der Waals surface area contributed by atoms with Crippen LogP contribution in [-0.4, -0.2) is 29.9 Å².